The summed E-state index contributed by atoms with van der Waals surface area (Å²) in [6, 6.07) is 0.881. The molecule has 0 radical (unpaired) electrons. The second kappa shape index (κ2) is 6.24. The molecule has 28 heavy (non-hydrogen) atoms. The number of aromatic amines is 1. The minimum absolute atomic E-state index is 0.368. The van der Waals surface area contributed by atoms with Gasteiger partial charge in [0.2, 0.25) is 15.9 Å². The summed E-state index contributed by atoms with van der Waals surface area (Å²) in [4.78, 5) is 18.7. The van der Waals surface area contributed by atoms with Gasteiger partial charge in [0.25, 0.3) is 0 Å². The predicted molar refractivity (Wildman–Crippen MR) is 97.1 cm³/mol. The van der Waals surface area contributed by atoms with Gasteiger partial charge in [-0.05, 0) is 18.2 Å². The zero-order chi connectivity index (χ0) is 20.2. The molecule has 1 unspecified atom stereocenters. The lowest BCUT2D eigenvalue weighted by atomic mass is 9.98. The number of methoxy groups -OCH3 is 1. The van der Waals surface area contributed by atoms with Crippen LogP contribution in [-0.2, 0) is 21.3 Å². The molecule has 0 saturated carbocycles. The molecule has 11 heteroatoms. The Labute approximate surface area is 157 Å². The van der Waals surface area contributed by atoms with Crippen LogP contribution in [0.15, 0.2) is 39.0 Å². The maximum Gasteiger partial charge on any atom is 0.326 e. The fraction of sp³-hybridized carbons (Fsp3) is 0.176. The van der Waals surface area contributed by atoms with Crippen molar-refractivity contribution < 1.29 is 21.9 Å². The highest BCUT2D eigenvalue weighted by molar-refractivity contribution is 7.89. The Morgan fingerprint density at radius 3 is 2.61 bits per heavy atom. The molecule has 1 aliphatic heterocycles. The molecule has 0 bridgehead atoms. The molecule has 4 rings (SSSR count). The van der Waals surface area contributed by atoms with Crippen LogP contribution in [0.5, 0.6) is 0 Å². The van der Waals surface area contributed by atoms with E-state index < -0.39 is 44.4 Å². The number of sulfonamides is 1. The van der Waals surface area contributed by atoms with E-state index in [0.29, 0.717) is 35.0 Å². The molecule has 1 aliphatic carbocycles. The van der Waals surface area contributed by atoms with E-state index in [1.165, 1.54) is 11.7 Å². The summed E-state index contributed by atoms with van der Waals surface area (Å²) in [7, 11) is -2.81. The molecular formula is C17H14F2N4O4S. The van der Waals surface area contributed by atoms with E-state index in [-0.39, 0.29) is 6.04 Å². The van der Waals surface area contributed by atoms with Gasteiger partial charge in [-0.1, -0.05) is 6.08 Å². The van der Waals surface area contributed by atoms with Gasteiger partial charge in [-0.2, -0.15) is 0 Å². The summed E-state index contributed by atoms with van der Waals surface area (Å²) in [6.45, 7) is -0.451. The number of hydrogen-bond donors (Lipinski definition) is 2. The van der Waals surface area contributed by atoms with Crippen LogP contribution in [0.3, 0.4) is 0 Å². The van der Waals surface area contributed by atoms with E-state index >= 15 is 0 Å². The van der Waals surface area contributed by atoms with E-state index in [0.717, 1.165) is 0 Å². The first-order chi connectivity index (χ1) is 13.2. The fourth-order valence-electron chi connectivity index (χ4n) is 3.24. The second-order valence-electron chi connectivity index (χ2n) is 6.26. The van der Waals surface area contributed by atoms with Gasteiger partial charge in [0.05, 0.1) is 36.0 Å². The van der Waals surface area contributed by atoms with Crippen molar-refractivity contribution in [3.8, 4) is 0 Å². The van der Waals surface area contributed by atoms with Gasteiger partial charge in [-0.25, -0.2) is 32.1 Å². The highest BCUT2D eigenvalue weighted by Gasteiger charge is 2.30. The maximum absolute atomic E-state index is 14.4. The van der Waals surface area contributed by atoms with E-state index in [1.54, 1.807) is 18.2 Å². The monoisotopic (exact) mass is 408 g/mol. The first-order valence-electron chi connectivity index (χ1n) is 8.04. The number of nitrogens with one attached hydrogen (secondary N) is 1. The fourth-order valence-corrected chi connectivity index (χ4v) is 3.78. The number of imidazole rings is 1. The quantitative estimate of drug-likeness (QED) is 0.787. The number of primary sulfonamides is 1. The van der Waals surface area contributed by atoms with Gasteiger partial charge in [0, 0.05) is 17.2 Å². The number of H-pyrrole nitrogens is 1. The van der Waals surface area contributed by atoms with Crippen molar-refractivity contribution in [1.29, 1.82) is 0 Å². The zero-order valence-electron chi connectivity index (χ0n) is 14.4. The Hall–Kier alpha value is -3.05. The third-order valence-corrected chi connectivity index (χ3v) is 5.46. The molecule has 0 spiro atoms. The lowest BCUT2D eigenvalue weighted by Crippen LogP contribution is -2.22. The molecule has 1 atom stereocenters. The number of hydrogen-bond acceptors (Lipinski definition) is 5. The molecule has 2 heterocycles. The molecule has 146 valence electrons. The number of aliphatic imine (C=N–C) groups is 1. The Bertz CT molecular complexity index is 1230. The normalized spacial score (nSPS) is 17.8. The maximum atomic E-state index is 14.4. The molecule has 0 saturated heterocycles. The van der Waals surface area contributed by atoms with Gasteiger partial charge < -0.3 is 9.72 Å². The van der Waals surface area contributed by atoms with Gasteiger partial charge in [0.15, 0.2) is 0 Å². The van der Waals surface area contributed by atoms with Crippen molar-refractivity contribution >= 4 is 27.6 Å². The molecule has 3 N–H and O–H groups in total. The topological polar surface area (TPSA) is 120 Å². The van der Waals surface area contributed by atoms with Crippen LogP contribution in [0.2, 0.25) is 0 Å². The Morgan fingerprint density at radius 2 is 2.00 bits per heavy atom. The number of halogens is 2. The Morgan fingerprint density at radius 1 is 1.32 bits per heavy atom. The summed E-state index contributed by atoms with van der Waals surface area (Å²) < 4.78 is 57.8. The van der Waals surface area contributed by atoms with Crippen LogP contribution in [0.1, 0.15) is 17.0 Å². The molecular weight excluding hydrogens is 394 g/mol. The standard InChI is InChI=1S/C17H14F2N4O4S/c1-27-15-6-9-13(21-15)2-3-14-16(9)23(17(24)22-14)7-10-11(18)4-8(5-12(10)19)28(20,25)26/h2-6,13H,7H2,1H3,(H,22,24)(H2,20,25,26). The van der Waals surface area contributed by atoms with Crippen molar-refractivity contribution in [2.75, 3.05) is 7.11 Å². The molecule has 2 aliphatic rings. The molecule has 1 aromatic carbocycles. The summed E-state index contributed by atoms with van der Waals surface area (Å²) in [5.41, 5.74) is 0.518. The molecule has 1 aromatic heterocycles. The van der Waals surface area contributed by atoms with Crippen LogP contribution in [0.25, 0.3) is 11.6 Å². The molecule has 0 fully saturated rings. The lowest BCUT2D eigenvalue weighted by molar-refractivity contribution is 0.406. The summed E-state index contributed by atoms with van der Waals surface area (Å²) in [5, 5.41) is 4.92. The van der Waals surface area contributed by atoms with E-state index in [9.17, 15) is 22.0 Å². The number of benzene rings is 1. The van der Waals surface area contributed by atoms with Crippen molar-refractivity contribution in [3.63, 3.8) is 0 Å². The van der Waals surface area contributed by atoms with Gasteiger partial charge >= 0.3 is 5.69 Å². The SMILES string of the molecule is COC1=NC2C=Cc3[nH]c(=O)n(Cc4c(F)cc(S(N)(=O)=O)cc4F)c3C2=C1. The average Bonchev–Trinajstić information content (AvgIpc) is 3.17. The summed E-state index contributed by atoms with van der Waals surface area (Å²) in [6.07, 6.45) is 5.07. The number of aromatic nitrogens is 2. The summed E-state index contributed by atoms with van der Waals surface area (Å²) in [5.74, 6) is -1.88. The Kier molecular flexibility index (Phi) is 4.08. The van der Waals surface area contributed by atoms with Gasteiger partial charge in [-0.15, -0.1) is 0 Å². The minimum atomic E-state index is -4.27. The van der Waals surface area contributed by atoms with Crippen molar-refractivity contribution in [3.05, 3.63) is 63.4 Å². The van der Waals surface area contributed by atoms with Crippen molar-refractivity contribution in [1.82, 2.24) is 9.55 Å². The third kappa shape index (κ3) is 2.88. The van der Waals surface area contributed by atoms with Crippen molar-refractivity contribution in [2.45, 2.75) is 17.5 Å². The first kappa shape index (κ1) is 18.3. The first-order valence-corrected chi connectivity index (χ1v) is 9.59. The van der Waals surface area contributed by atoms with Crippen molar-refractivity contribution in [2.24, 2.45) is 10.1 Å². The zero-order valence-corrected chi connectivity index (χ0v) is 15.3. The highest BCUT2D eigenvalue weighted by atomic mass is 32.2. The molecule has 8 nitrogen and oxygen atoms in total. The smallest absolute Gasteiger partial charge is 0.326 e. The van der Waals surface area contributed by atoms with Crippen LogP contribution >= 0.6 is 0 Å². The molecule has 2 aromatic rings. The lowest BCUT2D eigenvalue weighted by Gasteiger charge is -2.17. The summed E-state index contributed by atoms with van der Waals surface area (Å²) >= 11 is 0. The number of fused-ring (bicyclic) bond motifs is 3. The number of nitrogens with zero attached hydrogens (tertiary/aromatic N) is 2. The van der Waals surface area contributed by atoms with E-state index in [2.05, 4.69) is 9.98 Å². The average molecular weight is 408 g/mol. The molecule has 0 amide bonds. The predicted octanol–water partition coefficient (Wildman–Crippen LogP) is 0.988. The van der Waals surface area contributed by atoms with Gasteiger partial charge in [0.1, 0.15) is 11.6 Å². The number of rotatable bonds is 3. The van der Waals surface area contributed by atoms with E-state index in [4.69, 9.17) is 9.88 Å². The van der Waals surface area contributed by atoms with Crippen LogP contribution in [0.4, 0.5) is 8.78 Å². The van der Waals surface area contributed by atoms with Crippen LogP contribution < -0.4 is 10.8 Å². The van der Waals surface area contributed by atoms with Gasteiger partial charge in [-0.3, -0.25) is 4.57 Å². The largest absolute Gasteiger partial charge is 0.481 e. The third-order valence-electron chi connectivity index (χ3n) is 4.56. The second-order valence-corrected chi connectivity index (χ2v) is 7.83. The Balaban J connectivity index is 1.81. The highest BCUT2D eigenvalue weighted by Crippen LogP contribution is 2.33. The van der Waals surface area contributed by atoms with Crippen LogP contribution in [-0.4, -0.2) is 37.0 Å². The van der Waals surface area contributed by atoms with Crippen LogP contribution in [0, 0.1) is 11.6 Å². The number of nitrogens with two attached hydrogens (primary N) is 1. The number of ether oxygens (including phenoxy) is 1. The minimum Gasteiger partial charge on any atom is -0.481 e. The van der Waals surface area contributed by atoms with E-state index in [1.807, 2.05) is 0 Å².